The average molecular weight is 584 g/mol. The highest BCUT2D eigenvalue weighted by molar-refractivity contribution is 14.6. The highest BCUT2D eigenvalue weighted by atomic mass is 127. The Morgan fingerprint density at radius 2 is 1.50 bits per heavy atom. The maximum Gasteiger partial charge on any atom is -0.00711 e. The van der Waals surface area contributed by atoms with Crippen LogP contribution in [0.15, 0.2) is 0 Å². The van der Waals surface area contributed by atoms with Crippen LogP contribution >= 0.6 is 82.7 Å². The van der Waals surface area contributed by atoms with Crippen molar-refractivity contribution in [3.8, 4) is 0 Å². The number of hydrogen-bond acceptors (Lipinski definition) is 0. The Kier molecular flexibility index (Phi) is 5.33. The van der Waals surface area contributed by atoms with Gasteiger partial charge < -0.3 is 0 Å². The summed E-state index contributed by atoms with van der Waals surface area (Å²) in [4.78, 5) is 0. The van der Waals surface area contributed by atoms with Gasteiger partial charge in [0.1, 0.15) is 0 Å². The van der Waals surface area contributed by atoms with Crippen molar-refractivity contribution < 1.29 is 0 Å². The Bertz CT molecular complexity index is 73.8. The van der Waals surface area contributed by atoms with Gasteiger partial charge in [0, 0.05) is 0 Å². The Labute approximate surface area is 99.3 Å². The molecule has 0 saturated heterocycles. The van der Waals surface area contributed by atoms with Crippen molar-refractivity contribution in [3.63, 3.8) is 0 Å². The second kappa shape index (κ2) is 3.78. The van der Waals surface area contributed by atoms with Crippen molar-refractivity contribution in [2.45, 2.75) is 13.3 Å². The van der Waals surface area contributed by atoms with Crippen LogP contribution in [0.1, 0.15) is 13.3 Å². The molecule has 5 heteroatoms. The quantitative estimate of drug-likeness (QED) is 0.348. The van der Waals surface area contributed by atoms with E-state index in [0.29, 0.717) is 0 Å². The second-order valence-electron chi connectivity index (χ2n) is 1.59. The third-order valence-electron chi connectivity index (χ3n) is 0.562. The minimum absolute atomic E-state index is 1.22. The summed E-state index contributed by atoms with van der Waals surface area (Å²) >= 11 is 10.4. The molecule has 0 spiro atoms. The number of halogens is 4. The van der Waals surface area contributed by atoms with Crippen LogP contribution in [0.3, 0.4) is 0 Å². The van der Waals surface area contributed by atoms with E-state index >= 15 is 0 Å². The molecule has 0 unspecified atom stereocenters. The molecular weight excluding hydrogens is 576 g/mol. The average Bonchev–Trinajstić information content (AvgIpc) is 1.25. The summed E-state index contributed by atoms with van der Waals surface area (Å²) in [7, 11) is 0. The molecule has 0 aliphatic heterocycles. The molecule has 0 N–H and O–H groups in total. The molecule has 0 aromatic rings. The van der Waals surface area contributed by atoms with Crippen LogP contribution in [0.4, 0.5) is 0 Å². The topological polar surface area (TPSA) is 0 Å². The maximum absolute atomic E-state index is 2.60. The van der Waals surface area contributed by atoms with Gasteiger partial charge >= 0.3 is 0 Å². The zero-order valence-corrected chi connectivity index (χ0v) is 13.9. The van der Waals surface area contributed by atoms with Crippen LogP contribution in [0, 0.1) is 0 Å². The summed E-state index contributed by atoms with van der Waals surface area (Å²) in [5.74, 6) is 1.38. The molecule has 0 aliphatic rings. The second-order valence-corrected chi connectivity index (χ2v) is 62.5. The van der Waals surface area contributed by atoms with Crippen molar-refractivity contribution >= 4 is 82.7 Å². The fourth-order valence-corrected chi connectivity index (χ4v) is 6.80. The normalized spacial score (nSPS) is 17.4. The van der Waals surface area contributed by atoms with Crippen molar-refractivity contribution in [1.82, 2.24) is 0 Å². The van der Waals surface area contributed by atoms with Crippen molar-refractivity contribution in [2.24, 2.45) is 0 Å². The molecule has 0 bridgehead atoms. The first kappa shape index (κ1) is 11.3. The summed E-state index contributed by atoms with van der Waals surface area (Å²) in [6.45, 7) is 2.25. The number of rotatable bonds is 2. The van der Waals surface area contributed by atoms with Crippen molar-refractivity contribution in [1.29, 1.82) is 0 Å². The number of hydrogen-bond donors (Lipinski definition) is 1. The van der Waals surface area contributed by atoms with Gasteiger partial charge in [0.25, 0.3) is 0 Å². The fraction of sp³-hybridized carbons (Fsp3) is 1.00. The largest absolute Gasteiger partial charge is 0.116 e. The highest BCUT2D eigenvalue weighted by Gasteiger charge is 2.24. The molecule has 0 aromatic heterocycles. The van der Waals surface area contributed by atoms with Gasteiger partial charge in [-0.25, -0.2) is 0 Å². The molecule has 0 heterocycles. The lowest BCUT2D eigenvalue weighted by Gasteiger charge is -2.36. The maximum atomic E-state index is 2.60. The van der Waals surface area contributed by atoms with Crippen molar-refractivity contribution in [3.05, 3.63) is 0 Å². The fourth-order valence-electron chi connectivity index (χ4n) is 0.338. The lowest BCUT2D eigenvalue weighted by molar-refractivity contribution is 1.11. The smallest absolute Gasteiger partial charge is 0.00711 e. The van der Waals surface area contributed by atoms with E-state index in [4.69, 9.17) is 0 Å². The number of thiol groups is 1. The van der Waals surface area contributed by atoms with E-state index in [1.54, 1.807) is 0 Å². The van der Waals surface area contributed by atoms with Gasteiger partial charge in [0.05, 0.1) is 0 Å². The van der Waals surface area contributed by atoms with Crippen LogP contribution in [-0.4, -0.2) is 5.75 Å². The van der Waals surface area contributed by atoms with Gasteiger partial charge in [0.2, 0.25) is 0 Å². The van der Waals surface area contributed by atoms with E-state index < -0.39 is -2.15 Å². The zero-order valence-electron chi connectivity index (χ0n) is 4.37. The predicted molar refractivity (Wildman–Crippen MR) is 80.2 cm³/mol. The minimum Gasteiger partial charge on any atom is -0.116 e. The van der Waals surface area contributed by atoms with E-state index in [1.807, 2.05) is 0 Å². The van der Waals surface area contributed by atoms with E-state index in [1.165, 1.54) is 12.2 Å². The van der Waals surface area contributed by atoms with Crippen LogP contribution < -0.4 is 0 Å². The van der Waals surface area contributed by atoms with Gasteiger partial charge in [-0.15, -0.1) is -2.15 Å². The lowest BCUT2D eigenvalue weighted by atomic mass is 10.6. The molecule has 54 valence electrons. The third kappa shape index (κ3) is 9.27. The summed E-state index contributed by atoms with van der Waals surface area (Å²) in [6.07, 6.45) is 1.32. The molecule has 0 rings (SSSR count). The van der Waals surface area contributed by atoms with Crippen LogP contribution in [0.5, 0.6) is 0 Å². The molecule has 0 radical (unpaired) electrons. The summed E-state index contributed by atoms with van der Waals surface area (Å²) in [5, 5.41) is 0. The first-order chi connectivity index (χ1) is 3.31. The van der Waals surface area contributed by atoms with E-state index in [0.717, 1.165) is 0 Å². The van der Waals surface area contributed by atoms with Gasteiger partial charge in [-0.1, -0.05) is 6.92 Å². The molecule has 8 heavy (non-hydrogen) atoms. The van der Waals surface area contributed by atoms with E-state index in [2.05, 4.69) is 91.7 Å². The standard InChI is InChI=1S/C3H8I4S/c1-2-3-8(4,5,6)7/h8H,2-3H2,1H3. The lowest BCUT2D eigenvalue weighted by Crippen LogP contribution is -1.84. The summed E-state index contributed by atoms with van der Waals surface area (Å²) in [5.41, 5.74) is 0. The van der Waals surface area contributed by atoms with Crippen LogP contribution in [-0.2, 0) is 0 Å². The molecule has 0 fully saturated rings. The first-order valence-electron chi connectivity index (χ1n) is 2.20. The Morgan fingerprint density at radius 3 is 1.50 bits per heavy atom. The Hall–Kier alpha value is 3.27. The van der Waals surface area contributed by atoms with Gasteiger partial charge in [-0.05, 0) is 97.0 Å². The predicted octanol–water partition coefficient (Wildman–Crippen LogP) is 4.87. The third-order valence-corrected chi connectivity index (χ3v) is 7.47. The molecular formula is C3H8I4S. The van der Waals surface area contributed by atoms with Gasteiger partial charge in [-0.3, -0.25) is 0 Å². The Balaban J connectivity index is 3.73. The SMILES string of the molecule is CCC[SH](I)(I)(I)I. The van der Waals surface area contributed by atoms with Gasteiger partial charge in [0.15, 0.2) is 0 Å². The summed E-state index contributed by atoms with van der Waals surface area (Å²) < 4.78 is -1.22. The van der Waals surface area contributed by atoms with E-state index in [-0.39, 0.29) is 0 Å². The minimum atomic E-state index is -1.22. The first-order valence-corrected chi connectivity index (χ1v) is 15.8. The molecule has 0 nitrogen and oxygen atoms in total. The molecule has 0 atom stereocenters. The molecule has 0 amide bonds. The van der Waals surface area contributed by atoms with Crippen molar-refractivity contribution in [2.75, 3.05) is 5.75 Å². The Morgan fingerprint density at radius 1 is 1.12 bits per heavy atom. The highest BCUT2D eigenvalue weighted by Crippen LogP contribution is 2.95. The molecule has 0 aliphatic carbocycles. The monoisotopic (exact) mass is 584 g/mol. The molecule has 0 aromatic carbocycles. The van der Waals surface area contributed by atoms with Crippen LogP contribution in [0.2, 0.25) is 0 Å². The zero-order chi connectivity index (χ0) is 6.86. The van der Waals surface area contributed by atoms with Gasteiger partial charge in [-0.2, -0.15) is 0 Å². The summed E-state index contributed by atoms with van der Waals surface area (Å²) in [6, 6.07) is 0. The van der Waals surface area contributed by atoms with E-state index in [9.17, 15) is 0 Å². The molecule has 0 saturated carbocycles. The van der Waals surface area contributed by atoms with Crippen LogP contribution in [0.25, 0.3) is 0 Å².